The molecule has 1 N–H and O–H groups in total. The molecule has 0 saturated carbocycles. The molecule has 4 aromatic rings. The molecule has 208 valence electrons. The van der Waals surface area contributed by atoms with Gasteiger partial charge in [-0.3, -0.25) is 14.3 Å². The van der Waals surface area contributed by atoms with Gasteiger partial charge >= 0.3 is 0 Å². The Morgan fingerprint density at radius 2 is 1.68 bits per heavy atom. The summed E-state index contributed by atoms with van der Waals surface area (Å²) < 4.78 is 39.4. The van der Waals surface area contributed by atoms with Crippen molar-refractivity contribution >= 4 is 49.6 Å². The van der Waals surface area contributed by atoms with Gasteiger partial charge in [0.1, 0.15) is 11.5 Å². The number of fused-ring (bicyclic) bond motifs is 2. The molecule has 1 aliphatic rings. The van der Waals surface area contributed by atoms with Gasteiger partial charge in [-0.05, 0) is 38.5 Å². The van der Waals surface area contributed by atoms with E-state index in [1.807, 2.05) is 45.0 Å². The van der Waals surface area contributed by atoms with Crippen LogP contribution in [-0.2, 0) is 33.5 Å². The van der Waals surface area contributed by atoms with Crippen LogP contribution in [0.3, 0.4) is 0 Å². The van der Waals surface area contributed by atoms with Crippen molar-refractivity contribution in [3.05, 3.63) is 81.3 Å². The van der Waals surface area contributed by atoms with Gasteiger partial charge < -0.3 is 14.4 Å². The van der Waals surface area contributed by atoms with E-state index in [0.717, 1.165) is 21.3 Å². The number of carbonyl (C=O) groups excluding carboxylic acids is 2. The zero-order chi connectivity index (χ0) is 28.4. The standard InChI is InChI=1S/C29H29N3O6S2/c1-4-37-27-22-8-6-7-9-23(22)28(38-5-2)26-24(27)15-32(29(26)34)21-12-10-19(11-13-21)17-40(35,36)31-25(33)14-20-16-39-18(3)30-20/h6-13,16H,4-5,14-15,17H2,1-3H3,(H,31,33). The number of sulfonamides is 1. The van der Waals surface area contributed by atoms with Crippen LogP contribution in [0.4, 0.5) is 5.69 Å². The Morgan fingerprint density at radius 3 is 2.30 bits per heavy atom. The number of nitrogens with one attached hydrogen (secondary N) is 1. The van der Waals surface area contributed by atoms with E-state index in [9.17, 15) is 18.0 Å². The van der Waals surface area contributed by atoms with Gasteiger partial charge in [0.05, 0.1) is 48.2 Å². The molecule has 0 bridgehead atoms. The third-order valence-corrected chi connectivity index (χ3v) is 8.53. The summed E-state index contributed by atoms with van der Waals surface area (Å²) in [5, 5.41) is 4.24. The molecule has 0 radical (unpaired) electrons. The fraction of sp³-hybridized carbons (Fsp3) is 0.276. The number of ether oxygens (including phenoxy) is 2. The fourth-order valence-electron chi connectivity index (χ4n) is 4.87. The molecule has 0 fully saturated rings. The molecule has 0 spiro atoms. The highest BCUT2D eigenvalue weighted by atomic mass is 32.2. The number of nitrogens with zero attached hydrogens (tertiary/aromatic N) is 2. The summed E-state index contributed by atoms with van der Waals surface area (Å²) >= 11 is 1.40. The molecule has 0 saturated heterocycles. The molecule has 3 aromatic carbocycles. The Labute approximate surface area is 236 Å². The van der Waals surface area contributed by atoms with Gasteiger partial charge in [0.2, 0.25) is 15.9 Å². The smallest absolute Gasteiger partial charge is 0.262 e. The third kappa shape index (κ3) is 5.52. The molecule has 2 heterocycles. The molecule has 9 nitrogen and oxygen atoms in total. The van der Waals surface area contributed by atoms with Crippen molar-refractivity contribution in [1.29, 1.82) is 0 Å². The van der Waals surface area contributed by atoms with Gasteiger partial charge in [-0.2, -0.15) is 0 Å². The topological polar surface area (TPSA) is 115 Å². The number of rotatable bonds is 10. The molecule has 1 aliphatic heterocycles. The summed E-state index contributed by atoms with van der Waals surface area (Å²) in [7, 11) is -3.92. The van der Waals surface area contributed by atoms with Gasteiger partial charge in [-0.1, -0.05) is 36.4 Å². The molecule has 11 heteroatoms. The summed E-state index contributed by atoms with van der Waals surface area (Å²) in [6, 6.07) is 14.4. The minimum absolute atomic E-state index is 0.109. The van der Waals surface area contributed by atoms with Crippen molar-refractivity contribution < 1.29 is 27.5 Å². The zero-order valence-corrected chi connectivity index (χ0v) is 24.0. The van der Waals surface area contributed by atoms with E-state index < -0.39 is 15.9 Å². The predicted octanol–water partition coefficient (Wildman–Crippen LogP) is 4.75. The second-order valence-electron chi connectivity index (χ2n) is 9.30. The number of hydrogen-bond acceptors (Lipinski definition) is 8. The van der Waals surface area contributed by atoms with E-state index in [-0.39, 0.29) is 24.6 Å². The molecule has 2 amide bonds. The molecule has 1 aromatic heterocycles. The van der Waals surface area contributed by atoms with Crippen molar-refractivity contribution in [3.63, 3.8) is 0 Å². The van der Waals surface area contributed by atoms with E-state index in [0.29, 0.717) is 47.2 Å². The van der Waals surface area contributed by atoms with E-state index in [4.69, 9.17) is 9.47 Å². The van der Waals surface area contributed by atoms with E-state index in [1.54, 1.807) is 34.5 Å². The summed E-state index contributed by atoms with van der Waals surface area (Å²) in [6.45, 7) is 6.74. The van der Waals surface area contributed by atoms with E-state index >= 15 is 0 Å². The monoisotopic (exact) mass is 579 g/mol. The van der Waals surface area contributed by atoms with Gasteiger partial charge in [0.15, 0.2) is 0 Å². The molecule has 0 unspecified atom stereocenters. The Kier molecular flexibility index (Phi) is 7.77. The van der Waals surface area contributed by atoms with Crippen molar-refractivity contribution in [2.24, 2.45) is 0 Å². The lowest BCUT2D eigenvalue weighted by Crippen LogP contribution is -2.32. The number of aryl methyl sites for hydroxylation is 1. The van der Waals surface area contributed by atoms with Gasteiger partial charge in [-0.25, -0.2) is 13.4 Å². The highest BCUT2D eigenvalue weighted by Gasteiger charge is 2.36. The lowest BCUT2D eigenvalue weighted by molar-refractivity contribution is -0.118. The van der Waals surface area contributed by atoms with Crippen LogP contribution in [0.1, 0.15) is 46.0 Å². The first-order valence-electron chi connectivity index (χ1n) is 12.9. The van der Waals surface area contributed by atoms with Crippen molar-refractivity contribution in [2.45, 2.75) is 39.5 Å². The first-order valence-corrected chi connectivity index (χ1v) is 15.4. The molecule has 0 atom stereocenters. The quantitative estimate of drug-likeness (QED) is 0.288. The Morgan fingerprint density at radius 1 is 1.02 bits per heavy atom. The lowest BCUT2D eigenvalue weighted by atomic mass is 9.99. The summed E-state index contributed by atoms with van der Waals surface area (Å²) in [5.41, 5.74) is 2.86. The lowest BCUT2D eigenvalue weighted by Gasteiger charge is -2.16. The second-order valence-corrected chi connectivity index (χ2v) is 12.1. The summed E-state index contributed by atoms with van der Waals surface area (Å²) in [4.78, 5) is 31.8. The number of carbonyl (C=O) groups is 2. The SMILES string of the molecule is CCOc1c2c(c(OCC)c3ccccc13)C(=O)N(c1ccc(CS(=O)(=O)NC(=O)Cc3csc(C)n3)cc1)C2. The Hall–Kier alpha value is -3.96. The predicted molar refractivity (Wildman–Crippen MR) is 155 cm³/mol. The number of thiazole rings is 1. The number of aromatic nitrogens is 1. The highest BCUT2D eigenvalue weighted by molar-refractivity contribution is 7.89. The highest BCUT2D eigenvalue weighted by Crippen LogP contribution is 2.46. The first kappa shape index (κ1) is 27.6. The van der Waals surface area contributed by atoms with Crippen molar-refractivity contribution in [2.75, 3.05) is 18.1 Å². The van der Waals surface area contributed by atoms with Crippen LogP contribution < -0.4 is 19.1 Å². The molecule has 5 rings (SSSR count). The minimum Gasteiger partial charge on any atom is -0.493 e. The zero-order valence-electron chi connectivity index (χ0n) is 22.4. The average Bonchev–Trinajstić information content (AvgIpc) is 3.48. The van der Waals surface area contributed by atoms with Crippen LogP contribution >= 0.6 is 11.3 Å². The average molecular weight is 580 g/mol. The maximum Gasteiger partial charge on any atom is 0.262 e. The van der Waals surface area contributed by atoms with Crippen LogP contribution in [0, 0.1) is 6.92 Å². The van der Waals surface area contributed by atoms with Gasteiger partial charge in [0, 0.05) is 27.4 Å². The van der Waals surface area contributed by atoms with Crippen LogP contribution in [0.15, 0.2) is 53.9 Å². The maximum absolute atomic E-state index is 13.7. The van der Waals surface area contributed by atoms with Crippen LogP contribution in [0.25, 0.3) is 10.8 Å². The molecule has 0 aliphatic carbocycles. The van der Waals surface area contributed by atoms with Crippen LogP contribution in [-0.4, -0.2) is 38.4 Å². The molecule has 40 heavy (non-hydrogen) atoms. The maximum atomic E-state index is 13.7. The van der Waals surface area contributed by atoms with Crippen LogP contribution in [0.5, 0.6) is 11.5 Å². The van der Waals surface area contributed by atoms with E-state index in [1.165, 1.54) is 11.3 Å². The Bertz CT molecular complexity index is 1700. The van der Waals surface area contributed by atoms with Gasteiger partial charge in [0.25, 0.3) is 5.91 Å². The minimum atomic E-state index is -3.92. The van der Waals surface area contributed by atoms with Crippen molar-refractivity contribution in [1.82, 2.24) is 9.71 Å². The second kappa shape index (κ2) is 11.3. The number of benzene rings is 3. The normalized spacial score (nSPS) is 13.0. The Balaban J connectivity index is 1.37. The van der Waals surface area contributed by atoms with Crippen molar-refractivity contribution in [3.8, 4) is 11.5 Å². The molecular weight excluding hydrogens is 550 g/mol. The first-order chi connectivity index (χ1) is 19.2. The van der Waals surface area contributed by atoms with Crippen LogP contribution in [0.2, 0.25) is 0 Å². The fourth-order valence-corrected chi connectivity index (χ4v) is 6.61. The number of amides is 2. The summed E-state index contributed by atoms with van der Waals surface area (Å²) in [6.07, 6.45) is -0.109. The summed E-state index contributed by atoms with van der Waals surface area (Å²) in [5.74, 6) is -0.0218. The van der Waals surface area contributed by atoms with E-state index in [2.05, 4.69) is 9.71 Å². The number of anilines is 1. The largest absolute Gasteiger partial charge is 0.493 e. The third-order valence-electron chi connectivity index (χ3n) is 6.45. The molecular formula is C29H29N3O6S2. The number of hydrogen-bond donors (Lipinski definition) is 1. The van der Waals surface area contributed by atoms with Gasteiger partial charge in [-0.15, -0.1) is 11.3 Å².